The van der Waals surface area contributed by atoms with Gasteiger partial charge in [0.05, 0.1) is 12.4 Å². The van der Waals surface area contributed by atoms with Crippen LogP contribution in [0.1, 0.15) is 50.5 Å². The van der Waals surface area contributed by atoms with Gasteiger partial charge >= 0.3 is 0 Å². The first-order valence-corrected chi connectivity index (χ1v) is 6.44. The van der Waals surface area contributed by atoms with Crippen LogP contribution in [0.4, 0.5) is 5.82 Å². The molecule has 0 atom stereocenters. The van der Waals surface area contributed by atoms with Gasteiger partial charge < -0.3 is 10.6 Å². The summed E-state index contributed by atoms with van der Waals surface area (Å²) in [5.41, 5.74) is 5.82. The van der Waals surface area contributed by atoms with E-state index in [1.807, 2.05) is 18.7 Å². The second-order valence-electron chi connectivity index (χ2n) is 4.63. The van der Waals surface area contributed by atoms with Crippen molar-refractivity contribution in [3.05, 3.63) is 18.1 Å². The van der Waals surface area contributed by atoms with E-state index in [-0.39, 0.29) is 11.9 Å². The molecule has 0 spiro atoms. The molecule has 0 aliphatic carbocycles. The van der Waals surface area contributed by atoms with E-state index in [1.54, 1.807) is 0 Å². The van der Waals surface area contributed by atoms with E-state index in [1.165, 1.54) is 12.4 Å². The molecule has 0 aliphatic rings. The lowest BCUT2D eigenvalue weighted by molar-refractivity contribution is 0.0696. The van der Waals surface area contributed by atoms with E-state index in [9.17, 15) is 4.79 Å². The Hall–Kier alpha value is -1.65. The van der Waals surface area contributed by atoms with Crippen molar-refractivity contribution in [1.29, 1.82) is 0 Å². The van der Waals surface area contributed by atoms with E-state index in [0.29, 0.717) is 11.5 Å². The van der Waals surface area contributed by atoms with Gasteiger partial charge in [-0.3, -0.25) is 4.79 Å². The number of carbonyl (C=O) groups excluding carboxylic acids is 1. The summed E-state index contributed by atoms with van der Waals surface area (Å²) >= 11 is 0. The zero-order valence-electron chi connectivity index (χ0n) is 11.4. The van der Waals surface area contributed by atoms with Gasteiger partial charge in [-0.25, -0.2) is 9.97 Å². The molecule has 0 radical (unpaired) electrons. The molecule has 5 heteroatoms. The summed E-state index contributed by atoms with van der Waals surface area (Å²) in [4.78, 5) is 22.0. The normalized spacial score (nSPS) is 10.7. The molecule has 0 saturated heterocycles. The number of hydrogen-bond acceptors (Lipinski definition) is 4. The highest BCUT2D eigenvalue weighted by Gasteiger charge is 2.19. The monoisotopic (exact) mass is 250 g/mol. The molecule has 1 amide bonds. The van der Waals surface area contributed by atoms with Crippen molar-refractivity contribution in [3.63, 3.8) is 0 Å². The topological polar surface area (TPSA) is 72.1 Å². The van der Waals surface area contributed by atoms with Crippen LogP contribution >= 0.6 is 0 Å². The van der Waals surface area contributed by atoms with Crippen LogP contribution in [0.3, 0.4) is 0 Å². The van der Waals surface area contributed by atoms with Gasteiger partial charge in [-0.2, -0.15) is 0 Å². The number of amides is 1. The molecule has 1 aromatic heterocycles. The number of unbranched alkanes of at least 4 members (excludes halogenated alkanes) is 2. The molecular formula is C13H22N4O. The van der Waals surface area contributed by atoms with E-state index in [0.717, 1.165) is 25.8 Å². The average Bonchev–Trinajstić information content (AvgIpc) is 2.34. The number of anilines is 1. The number of nitrogen functional groups attached to an aromatic ring is 1. The summed E-state index contributed by atoms with van der Waals surface area (Å²) in [7, 11) is 0. The molecule has 0 saturated carbocycles. The molecule has 18 heavy (non-hydrogen) atoms. The number of aromatic nitrogens is 2. The Balaban J connectivity index is 2.73. The molecule has 0 aliphatic heterocycles. The lowest BCUT2D eigenvalue weighted by Crippen LogP contribution is -2.38. The number of nitrogens with zero attached hydrogens (tertiary/aromatic N) is 3. The molecule has 0 fully saturated rings. The minimum Gasteiger partial charge on any atom is -0.382 e. The first kappa shape index (κ1) is 14.4. The Morgan fingerprint density at radius 2 is 2.06 bits per heavy atom. The predicted octanol–water partition coefficient (Wildman–Crippen LogP) is 2.10. The van der Waals surface area contributed by atoms with Crippen molar-refractivity contribution in [1.82, 2.24) is 14.9 Å². The highest BCUT2D eigenvalue weighted by atomic mass is 16.2. The summed E-state index contributed by atoms with van der Waals surface area (Å²) in [6.07, 6.45) is 6.14. The van der Waals surface area contributed by atoms with Gasteiger partial charge in [0.25, 0.3) is 5.91 Å². The third-order valence-electron chi connectivity index (χ3n) is 2.78. The van der Waals surface area contributed by atoms with Gasteiger partial charge in [0, 0.05) is 12.6 Å². The maximum Gasteiger partial charge on any atom is 0.274 e. The minimum absolute atomic E-state index is 0.0754. The molecule has 1 rings (SSSR count). The average molecular weight is 250 g/mol. The Bertz CT molecular complexity index is 375. The van der Waals surface area contributed by atoms with Crippen LogP contribution in [-0.4, -0.2) is 33.4 Å². The van der Waals surface area contributed by atoms with Gasteiger partial charge in [0.1, 0.15) is 11.5 Å². The van der Waals surface area contributed by atoms with Crippen molar-refractivity contribution in [3.8, 4) is 0 Å². The smallest absolute Gasteiger partial charge is 0.274 e. The van der Waals surface area contributed by atoms with Gasteiger partial charge in [-0.05, 0) is 20.3 Å². The van der Waals surface area contributed by atoms with E-state index < -0.39 is 0 Å². The van der Waals surface area contributed by atoms with Crippen molar-refractivity contribution >= 4 is 11.7 Å². The molecule has 0 aromatic carbocycles. The Labute approximate surface area is 108 Å². The summed E-state index contributed by atoms with van der Waals surface area (Å²) in [6.45, 7) is 6.92. The number of hydrogen-bond donors (Lipinski definition) is 1. The van der Waals surface area contributed by atoms with Crippen molar-refractivity contribution in [2.24, 2.45) is 0 Å². The SMILES string of the molecule is CCCCCN(C(=O)c1cnc(N)cn1)C(C)C. The van der Waals surface area contributed by atoms with Crippen LogP contribution < -0.4 is 5.73 Å². The van der Waals surface area contributed by atoms with Gasteiger partial charge in [-0.1, -0.05) is 19.8 Å². The lowest BCUT2D eigenvalue weighted by Gasteiger charge is -2.26. The van der Waals surface area contributed by atoms with Crippen molar-refractivity contribution in [2.75, 3.05) is 12.3 Å². The summed E-state index contributed by atoms with van der Waals surface area (Å²) in [5, 5.41) is 0. The van der Waals surface area contributed by atoms with Crippen LogP contribution in [0, 0.1) is 0 Å². The van der Waals surface area contributed by atoms with Crippen LogP contribution in [0.5, 0.6) is 0 Å². The van der Waals surface area contributed by atoms with Crippen LogP contribution in [-0.2, 0) is 0 Å². The van der Waals surface area contributed by atoms with Crippen LogP contribution in [0.25, 0.3) is 0 Å². The van der Waals surface area contributed by atoms with E-state index in [4.69, 9.17) is 5.73 Å². The number of nitrogens with two attached hydrogens (primary N) is 1. The second-order valence-corrected chi connectivity index (χ2v) is 4.63. The van der Waals surface area contributed by atoms with Gasteiger partial charge in [-0.15, -0.1) is 0 Å². The molecule has 2 N–H and O–H groups in total. The largest absolute Gasteiger partial charge is 0.382 e. The highest BCUT2D eigenvalue weighted by molar-refractivity contribution is 5.92. The number of carbonyl (C=O) groups is 1. The Kier molecular flexibility index (Phi) is 5.55. The summed E-state index contributed by atoms with van der Waals surface area (Å²) in [6, 6.07) is 0.161. The molecule has 100 valence electrons. The van der Waals surface area contributed by atoms with Gasteiger partial charge in [0.2, 0.25) is 0 Å². The molecule has 0 bridgehead atoms. The zero-order chi connectivity index (χ0) is 13.5. The number of rotatable bonds is 6. The zero-order valence-corrected chi connectivity index (χ0v) is 11.4. The summed E-state index contributed by atoms with van der Waals surface area (Å²) in [5.74, 6) is 0.252. The first-order chi connectivity index (χ1) is 8.56. The Morgan fingerprint density at radius 3 is 2.56 bits per heavy atom. The van der Waals surface area contributed by atoms with Crippen molar-refractivity contribution < 1.29 is 4.79 Å². The third kappa shape index (κ3) is 3.98. The first-order valence-electron chi connectivity index (χ1n) is 6.44. The van der Waals surface area contributed by atoms with E-state index in [2.05, 4.69) is 16.9 Å². The molecule has 0 unspecified atom stereocenters. The molecule has 5 nitrogen and oxygen atoms in total. The van der Waals surface area contributed by atoms with Gasteiger partial charge in [0.15, 0.2) is 0 Å². The predicted molar refractivity (Wildman–Crippen MR) is 72.1 cm³/mol. The fourth-order valence-electron chi connectivity index (χ4n) is 1.72. The van der Waals surface area contributed by atoms with Crippen molar-refractivity contribution in [2.45, 2.75) is 46.1 Å². The minimum atomic E-state index is -0.0754. The maximum absolute atomic E-state index is 12.3. The maximum atomic E-state index is 12.3. The lowest BCUT2D eigenvalue weighted by atomic mass is 10.2. The molecular weight excluding hydrogens is 228 g/mol. The fraction of sp³-hybridized carbons (Fsp3) is 0.615. The van der Waals surface area contributed by atoms with E-state index >= 15 is 0 Å². The summed E-state index contributed by atoms with van der Waals surface area (Å²) < 4.78 is 0. The molecule has 1 aromatic rings. The van der Waals surface area contributed by atoms with Crippen LogP contribution in [0.15, 0.2) is 12.4 Å². The fourth-order valence-corrected chi connectivity index (χ4v) is 1.72. The Morgan fingerprint density at radius 1 is 1.33 bits per heavy atom. The quantitative estimate of drug-likeness (QED) is 0.785. The second kappa shape index (κ2) is 6.93. The highest BCUT2D eigenvalue weighted by Crippen LogP contribution is 2.09. The standard InChI is InChI=1S/C13H22N4O/c1-4-5-6-7-17(10(2)3)13(18)11-8-16-12(14)9-15-11/h8-10H,4-7H2,1-3H3,(H2,14,16). The third-order valence-corrected chi connectivity index (χ3v) is 2.78. The van der Waals surface area contributed by atoms with Crippen LogP contribution in [0.2, 0.25) is 0 Å². The molecule has 1 heterocycles.